The Hall–Kier alpha value is -2.82. The second-order valence-electron chi connectivity index (χ2n) is 9.86. The molecule has 1 N–H and O–H groups in total. The number of ether oxygens (including phenoxy) is 1. The molecule has 0 aliphatic rings. The Labute approximate surface area is 193 Å². The Morgan fingerprint density at radius 1 is 1.00 bits per heavy atom. The van der Waals surface area contributed by atoms with Crippen LogP contribution in [0.25, 0.3) is 0 Å². The molecule has 0 spiro atoms. The van der Waals surface area contributed by atoms with Gasteiger partial charge in [-0.25, -0.2) is 0 Å². The summed E-state index contributed by atoms with van der Waals surface area (Å²) >= 11 is 0. The maximum atomic E-state index is 13.3. The van der Waals surface area contributed by atoms with E-state index in [2.05, 4.69) is 26.1 Å². The van der Waals surface area contributed by atoms with E-state index in [1.54, 1.807) is 11.8 Å². The molecular formula is C27H38N2O3. The van der Waals surface area contributed by atoms with Crippen molar-refractivity contribution in [3.63, 3.8) is 0 Å². The predicted molar refractivity (Wildman–Crippen MR) is 130 cm³/mol. The van der Waals surface area contributed by atoms with Gasteiger partial charge in [-0.05, 0) is 42.4 Å². The maximum Gasteiger partial charge on any atom is 0.261 e. The van der Waals surface area contributed by atoms with E-state index in [9.17, 15) is 9.59 Å². The molecule has 2 rings (SSSR count). The number of aryl methyl sites for hydroxylation is 1. The molecule has 2 aromatic carbocycles. The van der Waals surface area contributed by atoms with Gasteiger partial charge in [0.15, 0.2) is 6.61 Å². The zero-order chi connectivity index (χ0) is 23.9. The van der Waals surface area contributed by atoms with Crippen LogP contribution in [0.4, 0.5) is 0 Å². The van der Waals surface area contributed by atoms with Crippen LogP contribution in [0.15, 0.2) is 48.5 Å². The molecule has 5 nitrogen and oxygen atoms in total. The summed E-state index contributed by atoms with van der Waals surface area (Å²) in [6.07, 6.45) is 0. The fourth-order valence-electron chi connectivity index (χ4n) is 3.36. The monoisotopic (exact) mass is 438 g/mol. The highest BCUT2D eigenvalue weighted by Crippen LogP contribution is 2.31. The summed E-state index contributed by atoms with van der Waals surface area (Å²) in [4.78, 5) is 27.6. The Morgan fingerprint density at radius 2 is 1.62 bits per heavy atom. The van der Waals surface area contributed by atoms with E-state index in [0.717, 1.165) is 16.7 Å². The number of rotatable bonds is 9. The van der Waals surface area contributed by atoms with Gasteiger partial charge in [-0.15, -0.1) is 0 Å². The van der Waals surface area contributed by atoms with Gasteiger partial charge < -0.3 is 15.0 Å². The van der Waals surface area contributed by atoms with Gasteiger partial charge in [-0.1, -0.05) is 82.6 Å². The second-order valence-corrected chi connectivity index (χ2v) is 9.86. The molecule has 0 aliphatic heterocycles. The van der Waals surface area contributed by atoms with Crippen molar-refractivity contribution < 1.29 is 14.3 Å². The molecule has 0 fully saturated rings. The van der Waals surface area contributed by atoms with Crippen molar-refractivity contribution in [3.05, 3.63) is 65.2 Å². The average molecular weight is 439 g/mol. The summed E-state index contributed by atoms with van der Waals surface area (Å²) in [5.74, 6) is 0.654. The zero-order valence-corrected chi connectivity index (χ0v) is 20.6. The van der Waals surface area contributed by atoms with Gasteiger partial charge in [0.2, 0.25) is 5.91 Å². The van der Waals surface area contributed by atoms with Gasteiger partial charge in [-0.3, -0.25) is 9.59 Å². The van der Waals surface area contributed by atoms with Crippen LogP contribution in [0, 0.1) is 12.8 Å². The number of hydrogen-bond donors (Lipinski definition) is 1. The summed E-state index contributed by atoms with van der Waals surface area (Å²) in [5.41, 5.74) is 3.06. The number of carbonyl (C=O) groups is 2. The molecule has 174 valence electrons. The van der Waals surface area contributed by atoms with Crippen LogP contribution in [0.1, 0.15) is 58.2 Å². The molecule has 0 aliphatic carbocycles. The number of amides is 2. The van der Waals surface area contributed by atoms with Gasteiger partial charge >= 0.3 is 0 Å². The molecule has 32 heavy (non-hydrogen) atoms. The third-order valence-electron chi connectivity index (χ3n) is 5.37. The summed E-state index contributed by atoms with van der Waals surface area (Å²) in [5, 5.41) is 2.94. The minimum absolute atomic E-state index is 0.106. The normalized spacial score (nSPS) is 12.4. The first-order chi connectivity index (χ1) is 15.0. The largest absolute Gasteiger partial charge is 0.483 e. The van der Waals surface area contributed by atoms with Crippen molar-refractivity contribution in [2.24, 2.45) is 5.92 Å². The molecule has 0 saturated carbocycles. The third kappa shape index (κ3) is 7.40. The highest BCUT2D eigenvalue weighted by Gasteiger charge is 2.27. The lowest BCUT2D eigenvalue weighted by molar-refractivity contribution is -0.142. The SMILES string of the molecule is Cc1ccc(CN(C(=O)COc2ccccc2C(C)(C)C)[C@H](C)C(=O)NCC(C)C)cc1. The van der Waals surface area contributed by atoms with E-state index in [1.165, 1.54) is 0 Å². The van der Waals surface area contributed by atoms with E-state index in [4.69, 9.17) is 4.74 Å². The molecule has 0 bridgehead atoms. The van der Waals surface area contributed by atoms with Gasteiger partial charge in [0.25, 0.3) is 5.91 Å². The number of benzene rings is 2. The Morgan fingerprint density at radius 3 is 2.22 bits per heavy atom. The number of nitrogens with zero attached hydrogens (tertiary/aromatic N) is 1. The van der Waals surface area contributed by atoms with Crippen molar-refractivity contribution in [2.75, 3.05) is 13.2 Å². The Kier molecular flexibility index (Phi) is 8.88. The first kappa shape index (κ1) is 25.4. The van der Waals surface area contributed by atoms with E-state index in [-0.39, 0.29) is 23.8 Å². The van der Waals surface area contributed by atoms with Crippen molar-refractivity contribution in [2.45, 2.75) is 66.5 Å². The lowest BCUT2D eigenvalue weighted by Gasteiger charge is -2.29. The summed E-state index contributed by atoms with van der Waals surface area (Å²) in [6, 6.07) is 15.2. The number of nitrogens with one attached hydrogen (secondary N) is 1. The van der Waals surface area contributed by atoms with E-state index in [0.29, 0.717) is 24.8 Å². The number of hydrogen-bond acceptors (Lipinski definition) is 3. The third-order valence-corrected chi connectivity index (χ3v) is 5.37. The average Bonchev–Trinajstić information content (AvgIpc) is 2.74. The van der Waals surface area contributed by atoms with Gasteiger partial charge in [-0.2, -0.15) is 0 Å². The molecule has 0 radical (unpaired) electrons. The lowest BCUT2D eigenvalue weighted by Crippen LogP contribution is -2.49. The molecule has 0 unspecified atom stereocenters. The fourth-order valence-corrected chi connectivity index (χ4v) is 3.36. The molecule has 1 atom stereocenters. The van der Waals surface area contributed by atoms with Crippen LogP contribution in [0.3, 0.4) is 0 Å². The Bertz CT molecular complexity index is 898. The summed E-state index contributed by atoms with van der Waals surface area (Å²) < 4.78 is 5.97. The van der Waals surface area contributed by atoms with E-state index < -0.39 is 6.04 Å². The molecule has 2 aromatic rings. The molecule has 0 heterocycles. The highest BCUT2D eigenvalue weighted by molar-refractivity contribution is 5.88. The summed E-state index contributed by atoms with van der Waals surface area (Å²) in [7, 11) is 0. The minimum atomic E-state index is -0.607. The van der Waals surface area contributed by atoms with Crippen LogP contribution in [-0.4, -0.2) is 35.9 Å². The number of carbonyl (C=O) groups excluding carboxylic acids is 2. The molecule has 2 amide bonds. The molecule has 0 saturated heterocycles. The van der Waals surface area contributed by atoms with E-state index in [1.807, 2.05) is 69.3 Å². The van der Waals surface area contributed by atoms with Gasteiger partial charge in [0, 0.05) is 13.1 Å². The molecule has 5 heteroatoms. The van der Waals surface area contributed by atoms with Gasteiger partial charge in [0.05, 0.1) is 0 Å². The maximum absolute atomic E-state index is 13.3. The lowest BCUT2D eigenvalue weighted by atomic mass is 9.86. The smallest absolute Gasteiger partial charge is 0.261 e. The van der Waals surface area contributed by atoms with Crippen LogP contribution in [0.5, 0.6) is 5.75 Å². The second kappa shape index (κ2) is 11.2. The molecule has 0 aromatic heterocycles. The summed E-state index contributed by atoms with van der Waals surface area (Å²) in [6.45, 7) is 15.0. The first-order valence-corrected chi connectivity index (χ1v) is 11.3. The molecular weight excluding hydrogens is 400 g/mol. The standard InChI is InChI=1S/C27H38N2O3/c1-19(2)16-28-26(31)21(4)29(17-22-14-12-20(3)13-15-22)25(30)18-32-24-11-9-8-10-23(24)27(5,6)7/h8-15,19,21H,16-18H2,1-7H3,(H,28,31)/t21-/m1/s1. The van der Waals surface area contributed by atoms with Crippen molar-refractivity contribution in [1.82, 2.24) is 10.2 Å². The van der Waals surface area contributed by atoms with Crippen LogP contribution in [-0.2, 0) is 21.5 Å². The quantitative estimate of drug-likeness (QED) is 0.608. The minimum Gasteiger partial charge on any atom is -0.483 e. The first-order valence-electron chi connectivity index (χ1n) is 11.3. The van der Waals surface area contributed by atoms with Gasteiger partial charge in [0.1, 0.15) is 11.8 Å². The van der Waals surface area contributed by atoms with Crippen molar-refractivity contribution >= 4 is 11.8 Å². The van der Waals surface area contributed by atoms with Crippen molar-refractivity contribution in [1.29, 1.82) is 0 Å². The van der Waals surface area contributed by atoms with Crippen LogP contribution >= 0.6 is 0 Å². The number of para-hydroxylation sites is 1. The Balaban J connectivity index is 2.20. The van der Waals surface area contributed by atoms with Crippen LogP contribution < -0.4 is 10.1 Å². The fraction of sp³-hybridized carbons (Fsp3) is 0.481. The van der Waals surface area contributed by atoms with Crippen molar-refractivity contribution in [3.8, 4) is 5.75 Å². The zero-order valence-electron chi connectivity index (χ0n) is 20.6. The van der Waals surface area contributed by atoms with Crippen LogP contribution in [0.2, 0.25) is 0 Å². The topological polar surface area (TPSA) is 58.6 Å². The predicted octanol–water partition coefficient (Wildman–Crippen LogP) is 4.86. The highest BCUT2D eigenvalue weighted by atomic mass is 16.5. The van der Waals surface area contributed by atoms with E-state index >= 15 is 0 Å².